The molecule has 4 rings (SSSR count). The van der Waals surface area contributed by atoms with E-state index in [0.29, 0.717) is 29.8 Å². The summed E-state index contributed by atoms with van der Waals surface area (Å²) in [7, 11) is -2.52. The van der Waals surface area contributed by atoms with Crippen molar-refractivity contribution in [3.63, 3.8) is 0 Å². The molecule has 212 valence electrons. The maximum atomic E-state index is 13.8. The number of pyridine rings is 1. The van der Waals surface area contributed by atoms with Gasteiger partial charge in [-0.3, -0.25) is 9.29 Å². The van der Waals surface area contributed by atoms with E-state index in [1.807, 2.05) is 27.7 Å². The van der Waals surface area contributed by atoms with E-state index in [-0.39, 0.29) is 24.2 Å². The topological polar surface area (TPSA) is 143 Å². The minimum Gasteiger partial charge on any atom is -0.481 e. The van der Waals surface area contributed by atoms with Gasteiger partial charge in [-0.1, -0.05) is 6.07 Å². The van der Waals surface area contributed by atoms with Gasteiger partial charge in [0.15, 0.2) is 11.6 Å². The van der Waals surface area contributed by atoms with Crippen molar-refractivity contribution >= 4 is 16.0 Å². The molecule has 1 fully saturated rings. The number of hydrogen-bond donors (Lipinski definition) is 1. The molecule has 1 aliphatic heterocycles. The zero-order valence-corrected chi connectivity index (χ0v) is 24.1. The summed E-state index contributed by atoms with van der Waals surface area (Å²) in [5.74, 6) is 1.17. The number of anilines is 1. The maximum absolute atomic E-state index is 13.8. The molecule has 1 unspecified atom stereocenters. The fourth-order valence-corrected chi connectivity index (χ4v) is 5.58. The highest BCUT2D eigenvalue weighted by Crippen LogP contribution is 2.33. The van der Waals surface area contributed by atoms with E-state index in [2.05, 4.69) is 29.9 Å². The Morgan fingerprint density at radius 3 is 2.49 bits per heavy atom. The van der Waals surface area contributed by atoms with Gasteiger partial charge >= 0.3 is 0 Å². The first-order valence-electron chi connectivity index (χ1n) is 13.1. The van der Waals surface area contributed by atoms with Crippen LogP contribution < -0.4 is 9.46 Å². The van der Waals surface area contributed by atoms with Gasteiger partial charge in [0, 0.05) is 25.1 Å². The van der Waals surface area contributed by atoms with Crippen molar-refractivity contribution in [1.82, 2.24) is 29.7 Å². The van der Waals surface area contributed by atoms with Gasteiger partial charge in [-0.05, 0) is 65.5 Å². The number of aryl methyl sites for hydroxylation is 1. The molecule has 0 aromatic carbocycles. The second-order valence-corrected chi connectivity index (χ2v) is 12.0. The fraction of sp³-hybridized carbons (Fsp3) is 0.577. The second kappa shape index (κ2) is 12.3. The van der Waals surface area contributed by atoms with Crippen molar-refractivity contribution in [3.8, 4) is 17.4 Å². The second-order valence-electron chi connectivity index (χ2n) is 10.0. The predicted octanol–water partition coefficient (Wildman–Crippen LogP) is 3.87. The largest absolute Gasteiger partial charge is 0.481 e. The quantitative estimate of drug-likeness (QED) is 0.368. The molecule has 4 heterocycles. The predicted molar refractivity (Wildman–Crippen MR) is 146 cm³/mol. The number of aromatic nitrogens is 6. The number of sulfonamides is 1. The molecule has 1 saturated heterocycles. The third-order valence-corrected chi connectivity index (χ3v) is 8.33. The first-order chi connectivity index (χ1) is 18.6. The third-order valence-electron chi connectivity index (χ3n) is 6.64. The van der Waals surface area contributed by atoms with Crippen LogP contribution in [0.4, 0.5) is 5.95 Å². The summed E-state index contributed by atoms with van der Waals surface area (Å²) in [4.78, 5) is 13.2. The van der Waals surface area contributed by atoms with E-state index in [1.54, 1.807) is 42.1 Å². The minimum absolute atomic E-state index is 0.0660. The Morgan fingerprint density at radius 2 is 1.85 bits per heavy atom. The summed E-state index contributed by atoms with van der Waals surface area (Å²) in [6.07, 6.45) is 4.83. The molecular weight excluding hydrogens is 522 g/mol. The molecule has 3 aromatic heterocycles. The average Bonchev–Trinajstić information content (AvgIpc) is 3.34. The molecule has 0 aliphatic carbocycles. The van der Waals surface area contributed by atoms with Gasteiger partial charge in [0.05, 0.1) is 25.4 Å². The zero-order valence-electron chi connectivity index (χ0n) is 23.2. The van der Waals surface area contributed by atoms with Crippen molar-refractivity contribution < 1.29 is 22.6 Å². The first-order valence-corrected chi connectivity index (χ1v) is 14.7. The van der Waals surface area contributed by atoms with Crippen molar-refractivity contribution in [3.05, 3.63) is 42.0 Å². The summed E-state index contributed by atoms with van der Waals surface area (Å²) in [5.41, 5.74) is 1.36. The summed E-state index contributed by atoms with van der Waals surface area (Å²) in [6, 6.07) is 5.02. The third kappa shape index (κ3) is 6.71. The van der Waals surface area contributed by atoms with Gasteiger partial charge < -0.3 is 14.2 Å². The molecule has 0 spiro atoms. The van der Waals surface area contributed by atoms with Crippen molar-refractivity contribution in [2.24, 2.45) is 0 Å². The zero-order chi connectivity index (χ0) is 28.2. The summed E-state index contributed by atoms with van der Waals surface area (Å²) < 4.78 is 49.3. The molecule has 12 nitrogen and oxygen atoms in total. The van der Waals surface area contributed by atoms with E-state index in [9.17, 15) is 8.42 Å². The smallest absolute Gasteiger partial charge is 0.240 e. The summed E-state index contributed by atoms with van der Waals surface area (Å²) in [6.45, 7) is 9.72. The summed E-state index contributed by atoms with van der Waals surface area (Å²) in [5, 5.41) is 7.54. The van der Waals surface area contributed by atoms with E-state index >= 15 is 0 Å². The monoisotopic (exact) mass is 559 g/mol. The normalized spacial score (nSPS) is 18.5. The molecule has 0 amide bonds. The molecule has 1 aliphatic rings. The van der Waals surface area contributed by atoms with Crippen LogP contribution in [0, 0.1) is 6.92 Å². The van der Waals surface area contributed by atoms with Crippen LogP contribution >= 0.6 is 0 Å². The summed E-state index contributed by atoms with van der Waals surface area (Å²) >= 11 is 0. The maximum Gasteiger partial charge on any atom is 0.240 e. The Hall–Kier alpha value is -3.16. The van der Waals surface area contributed by atoms with Crippen molar-refractivity contribution in [2.75, 3.05) is 18.4 Å². The first kappa shape index (κ1) is 28.8. The molecule has 0 bridgehead atoms. The van der Waals surface area contributed by atoms with E-state index in [4.69, 9.17) is 14.2 Å². The molecule has 3 aromatic rings. The van der Waals surface area contributed by atoms with E-state index < -0.39 is 21.4 Å². The van der Waals surface area contributed by atoms with Crippen molar-refractivity contribution in [1.29, 1.82) is 0 Å². The van der Waals surface area contributed by atoms with Gasteiger partial charge in [0.1, 0.15) is 17.0 Å². The van der Waals surface area contributed by atoms with Crippen molar-refractivity contribution in [2.45, 2.75) is 83.5 Å². The highest BCUT2D eigenvalue weighted by atomic mass is 32.2. The number of nitrogens with one attached hydrogen (secondary N) is 1. The van der Waals surface area contributed by atoms with Crippen LogP contribution in [0.5, 0.6) is 5.88 Å². The average molecular weight is 560 g/mol. The van der Waals surface area contributed by atoms with E-state index in [0.717, 1.165) is 24.8 Å². The minimum atomic E-state index is -4.05. The van der Waals surface area contributed by atoms with Gasteiger partial charge in [0.25, 0.3) is 0 Å². The highest BCUT2D eigenvalue weighted by molar-refractivity contribution is 7.93. The molecule has 39 heavy (non-hydrogen) atoms. The van der Waals surface area contributed by atoms with E-state index in [1.165, 1.54) is 7.11 Å². The number of ether oxygens (including phenoxy) is 3. The van der Waals surface area contributed by atoms with Crippen LogP contribution in [-0.2, 0) is 19.5 Å². The molecule has 0 saturated carbocycles. The number of rotatable bonds is 11. The highest BCUT2D eigenvalue weighted by Gasteiger charge is 2.36. The lowest BCUT2D eigenvalue weighted by Gasteiger charge is -2.30. The van der Waals surface area contributed by atoms with Crippen LogP contribution in [0.1, 0.15) is 70.5 Å². The standard InChI is InChI=1S/C26H37N7O5S/c1-16(2)38-23(24-27-14-17(3)15-28-24)19(5)39(34,35)32-26-31-30-25(20-10-9-12-22(29-20)36-6)33(26)18(4)21-11-7-8-13-37-21/h9-10,12,14-16,18-19,21,23H,7-8,11,13H2,1-6H3,(H,31,32)/t18-,19-,21?,23+/m0/s1. The SMILES string of the molecule is COc1cccc(-c2nnc(NS(=O)(=O)[C@@H](C)[C@@H](OC(C)C)c3ncc(C)cn3)n2[C@@H](C)C2CCCCO2)n1. The van der Waals surface area contributed by atoms with Gasteiger partial charge in [-0.25, -0.2) is 23.4 Å². The lowest BCUT2D eigenvalue weighted by Crippen LogP contribution is -2.36. The lowest BCUT2D eigenvalue weighted by atomic mass is 10.0. The number of methoxy groups -OCH3 is 1. The van der Waals surface area contributed by atoms with Gasteiger partial charge in [0.2, 0.25) is 21.9 Å². The Labute approximate surface area is 229 Å². The Balaban J connectivity index is 1.72. The lowest BCUT2D eigenvalue weighted by molar-refractivity contribution is -0.0116. The van der Waals surface area contributed by atoms with Gasteiger partial charge in [-0.2, -0.15) is 0 Å². The molecule has 13 heteroatoms. The van der Waals surface area contributed by atoms with Crippen LogP contribution in [-0.4, -0.2) is 69.3 Å². The van der Waals surface area contributed by atoms with Crippen LogP contribution in [0.25, 0.3) is 11.5 Å². The van der Waals surface area contributed by atoms with Crippen LogP contribution in [0.3, 0.4) is 0 Å². The van der Waals surface area contributed by atoms with Gasteiger partial charge in [-0.15, -0.1) is 10.2 Å². The number of hydrogen-bond acceptors (Lipinski definition) is 10. The van der Waals surface area contributed by atoms with Crippen LogP contribution in [0.15, 0.2) is 30.6 Å². The molecular formula is C26H37N7O5S. The number of nitrogens with zero attached hydrogens (tertiary/aromatic N) is 6. The Morgan fingerprint density at radius 1 is 1.10 bits per heavy atom. The Bertz CT molecular complexity index is 1340. The molecule has 4 atom stereocenters. The Kier molecular flexibility index (Phi) is 9.13. The fourth-order valence-electron chi connectivity index (χ4n) is 4.49. The molecule has 1 N–H and O–H groups in total. The molecule has 0 radical (unpaired) electrons. The van der Waals surface area contributed by atoms with Crippen LogP contribution in [0.2, 0.25) is 0 Å².